The van der Waals surface area contributed by atoms with Crippen LogP contribution >= 0.6 is 0 Å². The van der Waals surface area contributed by atoms with E-state index in [0.29, 0.717) is 13.0 Å². The number of anilines is 1. The lowest BCUT2D eigenvalue weighted by molar-refractivity contribution is 0.0953. The number of methoxy groups -OCH3 is 1. The van der Waals surface area contributed by atoms with Crippen LogP contribution < -0.4 is 15.8 Å². The second-order valence-corrected chi connectivity index (χ2v) is 4.59. The van der Waals surface area contributed by atoms with E-state index < -0.39 is 5.82 Å². The molecule has 3 N–H and O–H groups in total. The Labute approximate surface area is 122 Å². The molecule has 0 spiro atoms. The largest absolute Gasteiger partial charge is 0.497 e. The predicted octanol–water partition coefficient (Wildman–Crippen LogP) is 2.39. The summed E-state index contributed by atoms with van der Waals surface area (Å²) in [6, 6.07) is 11.6. The molecule has 0 saturated carbocycles. The summed E-state index contributed by atoms with van der Waals surface area (Å²) < 4.78 is 18.4. The molecule has 0 saturated heterocycles. The number of rotatable bonds is 5. The quantitative estimate of drug-likeness (QED) is 0.830. The molecule has 0 bridgehead atoms. The first-order valence-electron chi connectivity index (χ1n) is 6.56. The summed E-state index contributed by atoms with van der Waals surface area (Å²) in [4.78, 5) is 11.9. The number of carbonyl (C=O) groups is 1. The normalized spacial score (nSPS) is 10.2. The minimum Gasteiger partial charge on any atom is -0.497 e. The molecule has 21 heavy (non-hydrogen) atoms. The van der Waals surface area contributed by atoms with Crippen LogP contribution in [0.3, 0.4) is 0 Å². The Hall–Kier alpha value is -2.56. The summed E-state index contributed by atoms with van der Waals surface area (Å²) in [5.41, 5.74) is 6.75. The first-order valence-corrected chi connectivity index (χ1v) is 6.56. The number of hydrogen-bond donors (Lipinski definition) is 2. The summed E-state index contributed by atoms with van der Waals surface area (Å²) in [5, 5.41) is 2.75. The van der Waals surface area contributed by atoms with Gasteiger partial charge in [0.15, 0.2) is 0 Å². The summed E-state index contributed by atoms with van der Waals surface area (Å²) in [7, 11) is 1.61. The molecule has 0 fully saturated rings. The minimum absolute atomic E-state index is 0.0322. The second kappa shape index (κ2) is 6.74. The van der Waals surface area contributed by atoms with E-state index in [1.165, 1.54) is 12.1 Å². The average molecular weight is 288 g/mol. The Morgan fingerprint density at radius 1 is 1.24 bits per heavy atom. The van der Waals surface area contributed by atoms with Gasteiger partial charge in [-0.05, 0) is 42.3 Å². The number of nitrogens with two attached hydrogens (primary N) is 1. The Balaban J connectivity index is 1.87. The number of nitrogen functional groups attached to an aromatic ring is 1. The number of benzene rings is 2. The molecule has 110 valence electrons. The number of nitrogens with one attached hydrogen (secondary N) is 1. The van der Waals surface area contributed by atoms with Crippen molar-refractivity contribution in [2.24, 2.45) is 0 Å². The van der Waals surface area contributed by atoms with Gasteiger partial charge in [0.05, 0.1) is 12.8 Å². The number of carbonyl (C=O) groups excluding carboxylic acids is 1. The SMILES string of the molecule is COc1ccc(CCNC(=O)c2ccc(N)c(F)c2)cc1. The van der Waals surface area contributed by atoms with E-state index >= 15 is 0 Å². The van der Waals surface area contributed by atoms with Crippen molar-refractivity contribution in [2.75, 3.05) is 19.4 Å². The van der Waals surface area contributed by atoms with Crippen molar-refractivity contribution >= 4 is 11.6 Å². The van der Waals surface area contributed by atoms with Gasteiger partial charge in [-0.25, -0.2) is 4.39 Å². The highest BCUT2D eigenvalue weighted by Crippen LogP contribution is 2.13. The lowest BCUT2D eigenvalue weighted by Crippen LogP contribution is -2.25. The monoisotopic (exact) mass is 288 g/mol. The summed E-state index contributed by atoms with van der Waals surface area (Å²) in [6.45, 7) is 0.469. The fourth-order valence-corrected chi connectivity index (χ4v) is 1.88. The predicted molar refractivity (Wildman–Crippen MR) is 79.8 cm³/mol. The van der Waals surface area contributed by atoms with E-state index in [9.17, 15) is 9.18 Å². The van der Waals surface area contributed by atoms with Crippen molar-refractivity contribution in [3.63, 3.8) is 0 Å². The van der Waals surface area contributed by atoms with Crippen molar-refractivity contribution in [1.82, 2.24) is 5.32 Å². The first kappa shape index (κ1) is 14.8. The van der Waals surface area contributed by atoms with E-state index in [2.05, 4.69) is 5.32 Å². The molecular formula is C16H17FN2O2. The molecule has 2 aromatic rings. The smallest absolute Gasteiger partial charge is 0.251 e. The number of ether oxygens (including phenoxy) is 1. The zero-order valence-corrected chi connectivity index (χ0v) is 11.7. The van der Waals surface area contributed by atoms with E-state index in [-0.39, 0.29) is 17.2 Å². The lowest BCUT2D eigenvalue weighted by Gasteiger charge is -2.07. The lowest BCUT2D eigenvalue weighted by atomic mass is 10.1. The van der Waals surface area contributed by atoms with Crippen LogP contribution in [-0.2, 0) is 6.42 Å². The highest BCUT2D eigenvalue weighted by molar-refractivity contribution is 5.94. The van der Waals surface area contributed by atoms with Crippen molar-refractivity contribution in [1.29, 1.82) is 0 Å². The zero-order valence-electron chi connectivity index (χ0n) is 11.7. The van der Waals surface area contributed by atoms with Crippen molar-refractivity contribution < 1.29 is 13.9 Å². The van der Waals surface area contributed by atoms with Gasteiger partial charge in [-0.2, -0.15) is 0 Å². The summed E-state index contributed by atoms with van der Waals surface area (Å²) in [6.07, 6.45) is 0.688. The third kappa shape index (κ3) is 3.95. The molecule has 4 nitrogen and oxygen atoms in total. The molecule has 2 rings (SSSR count). The topological polar surface area (TPSA) is 64.3 Å². The molecule has 0 atom stereocenters. The van der Waals surface area contributed by atoms with Crippen LogP contribution in [0, 0.1) is 5.82 Å². The van der Waals surface area contributed by atoms with Gasteiger partial charge in [0.25, 0.3) is 5.91 Å². The van der Waals surface area contributed by atoms with Crippen LogP contribution in [0.2, 0.25) is 0 Å². The van der Waals surface area contributed by atoms with Crippen molar-refractivity contribution in [3.8, 4) is 5.75 Å². The van der Waals surface area contributed by atoms with Gasteiger partial charge in [-0.15, -0.1) is 0 Å². The highest BCUT2D eigenvalue weighted by Gasteiger charge is 2.07. The Morgan fingerprint density at radius 2 is 1.95 bits per heavy atom. The molecule has 0 unspecified atom stereocenters. The van der Waals surface area contributed by atoms with Gasteiger partial charge < -0.3 is 15.8 Å². The van der Waals surface area contributed by atoms with Gasteiger partial charge in [0.2, 0.25) is 0 Å². The third-order valence-corrected chi connectivity index (χ3v) is 3.12. The Bertz CT molecular complexity index is 627. The van der Waals surface area contributed by atoms with Crippen LogP contribution in [-0.4, -0.2) is 19.6 Å². The van der Waals surface area contributed by atoms with Gasteiger partial charge in [-0.3, -0.25) is 4.79 Å². The Morgan fingerprint density at radius 3 is 2.57 bits per heavy atom. The van der Waals surface area contributed by atoms with Gasteiger partial charge in [0, 0.05) is 12.1 Å². The molecule has 0 heterocycles. The van der Waals surface area contributed by atoms with E-state index in [1.807, 2.05) is 24.3 Å². The minimum atomic E-state index is -0.585. The molecule has 1 amide bonds. The zero-order chi connectivity index (χ0) is 15.2. The van der Waals surface area contributed by atoms with Gasteiger partial charge in [0.1, 0.15) is 11.6 Å². The van der Waals surface area contributed by atoms with Crippen molar-refractivity contribution in [2.45, 2.75) is 6.42 Å². The molecule has 0 aromatic heterocycles. The van der Waals surface area contributed by atoms with Gasteiger partial charge in [-0.1, -0.05) is 12.1 Å². The fourth-order valence-electron chi connectivity index (χ4n) is 1.88. The maximum atomic E-state index is 13.3. The first-order chi connectivity index (χ1) is 10.1. The molecule has 0 aliphatic heterocycles. The highest BCUT2D eigenvalue weighted by atomic mass is 19.1. The van der Waals surface area contributed by atoms with Crippen LogP contribution in [0.15, 0.2) is 42.5 Å². The molecule has 0 radical (unpaired) electrons. The number of hydrogen-bond acceptors (Lipinski definition) is 3. The average Bonchev–Trinajstić information content (AvgIpc) is 2.50. The molecule has 5 heteroatoms. The number of amides is 1. The molecule has 0 aliphatic rings. The standard InChI is InChI=1S/C16H17FN2O2/c1-21-13-5-2-11(3-6-13)8-9-19-16(20)12-4-7-15(18)14(17)10-12/h2-7,10H,8-9,18H2,1H3,(H,19,20). The molecule has 0 aliphatic carbocycles. The molecule has 2 aromatic carbocycles. The fraction of sp³-hybridized carbons (Fsp3) is 0.188. The second-order valence-electron chi connectivity index (χ2n) is 4.59. The van der Waals surface area contributed by atoms with Crippen LogP contribution in [0.5, 0.6) is 5.75 Å². The summed E-state index contributed by atoms with van der Waals surface area (Å²) in [5.74, 6) is -0.111. The number of halogens is 1. The van der Waals surface area contributed by atoms with E-state index in [1.54, 1.807) is 7.11 Å². The maximum Gasteiger partial charge on any atom is 0.251 e. The maximum absolute atomic E-state index is 13.3. The van der Waals surface area contributed by atoms with Gasteiger partial charge >= 0.3 is 0 Å². The van der Waals surface area contributed by atoms with Crippen LogP contribution in [0.1, 0.15) is 15.9 Å². The van der Waals surface area contributed by atoms with Crippen LogP contribution in [0.4, 0.5) is 10.1 Å². The van der Waals surface area contributed by atoms with E-state index in [4.69, 9.17) is 10.5 Å². The Kier molecular flexibility index (Phi) is 4.77. The van der Waals surface area contributed by atoms with Crippen molar-refractivity contribution in [3.05, 3.63) is 59.4 Å². The third-order valence-electron chi connectivity index (χ3n) is 3.12. The molecular weight excluding hydrogens is 271 g/mol. The summed E-state index contributed by atoms with van der Waals surface area (Å²) >= 11 is 0. The van der Waals surface area contributed by atoms with Crippen LogP contribution in [0.25, 0.3) is 0 Å². The van der Waals surface area contributed by atoms with E-state index in [0.717, 1.165) is 17.4 Å².